The van der Waals surface area contributed by atoms with E-state index in [4.69, 9.17) is 9.47 Å². The van der Waals surface area contributed by atoms with Gasteiger partial charge in [-0.05, 0) is 54.4 Å². The van der Waals surface area contributed by atoms with Crippen molar-refractivity contribution in [1.82, 2.24) is 5.43 Å². The molecule has 1 N–H and O–H groups in total. The molecule has 0 aliphatic carbocycles. The van der Waals surface area contributed by atoms with Gasteiger partial charge in [-0.25, -0.2) is 5.43 Å². The number of benzene rings is 3. The molecule has 0 spiro atoms. The predicted octanol–water partition coefficient (Wildman–Crippen LogP) is 4.35. The Morgan fingerprint density at radius 1 is 1.00 bits per heavy atom. The second-order valence-corrected chi connectivity index (χ2v) is 6.27. The fourth-order valence-electron chi connectivity index (χ4n) is 2.51. The van der Waals surface area contributed by atoms with Crippen molar-refractivity contribution in [2.75, 3.05) is 7.11 Å². The highest BCUT2D eigenvalue weighted by Crippen LogP contribution is 2.15. The molecule has 0 saturated carbocycles. The lowest BCUT2D eigenvalue weighted by atomic mass is 10.2. The number of amides is 1. The second kappa shape index (κ2) is 9.37. The topological polar surface area (TPSA) is 59.9 Å². The van der Waals surface area contributed by atoms with Gasteiger partial charge in [0.15, 0.2) is 0 Å². The summed E-state index contributed by atoms with van der Waals surface area (Å²) in [5.41, 5.74) is 6.18. The van der Waals surface area contributed by atoms with Crippen LogP contribution in [0, 0.1) is 6.92 Å². The molecule has 3 aromatic carbocycles. The highest BCUT2D eigenvalue weighted by atomic mass is 16.5. The Hall–Kier alpha value is -3.60. The van der Waals surface area contributed by atoms with Crippen molar-refractivity contribution in [2.24, 2.45) is 5.10 Å². The van der Waals surface area contributed by atoms with Gasteiger partial charge in [-0.3, -0.25) is 4.79 Å². The van der Waals surface area contributed by atoms with Crippen LogP contribution in [0.2, 0.25) is 0 Å². The average Bonchev–Trinajstić information content (AvgIpc) is 2.73. The summed E-state index contributed by atoms with van der Waals surface area (Å²) in [6.07, 6.45) is 1.58. The van der Waals surface area contributed by atoms with Gasteiger partial charge in [0.2, 0.25) is 0 Å². The predicted molar refractivity (Wildman–Crippen MR) is 110 cm³/mol. The quantitative estimate of drug-likeness (QED) is 0.494. The molecule has 3 rings (SSSR count). The number of ether oxygens (including phenoxy) is 2. The van der Waals surface area contributed by atoms with Crippen molar-refractivity contribution in [3.8, 4) is 11.5 Å². The Bertz CT molecular complexity index is 948. The van der Waals surface area contributed by atoms with Crippen molar-refractivity contribution in [3.63, 3.8) is 0 Å². The van der Waals surface area contributed by atoms with Crippen LogP contribution in [0.1, 0.15) is 27.0 Å². The number of hydrogen-bond donors (Lipinski definition) is 1. The molecule has 142 valence electrons. The van der Waals surface area contributed by atoms with Crippen LogP contribution in [0.3, 0.4) is 0 Å². The number of rotatable bonds is 7. The van der Waals surface area contributed by atoms with Crippen LogP contribution in [-0.2, 0) is 6.61 Å². The minimum Gasteiger partial charge on any atom is -0.497 e. The average molecular weight is 374 g/mol. The van der Waals surface area contributed by atoms with Crippen molar-refractivity contribution >= 4 is 12.1 Å². The maximum Gasteiger partial charge on any atom is 0.271 e. The standard InChI is InChI=1S/C23H22N2O3/c1-17-6-8-18(9-7-17)16-28-22-5-3-4-19(14-22)15-24-25-23(26)20-10-12-21(27-2)13-11-20/h3-15H,16H2,1-2H3,(H,25,26). The summed E-state index contributed by atoms with van der Waals surface area (Å²) in [6, 6.07) is 22.6. The highest BCUT2D eigenvalue weighted by molar-refractivity contribution is 5.95. The summed E-state index contributed by atoms with van der Waals surface area (Å²) in [5.74, 6) is 1.15. The van der Waals surface area contributed by atoms with E-state index >= 15 is 0 Å². The maximum atomic E-state index is 12.1. The molecule has 0 atom stereocenters. The van der Waals surface area contributed by atoms with Crippen LogP contribution in [0.4, 0.5) is 0 Å². The van der Waals surface area contributed by atoms with E-state index in [1.165, 1.54) is 5.56 Å². The number of aryl methyl sites for hydroxylation is 1. The van der Waals surface area contributed by atoms with Gasteiger partial charge >= 0.3 is 0 Å². The SMILES string of the molecule is COc1ccc(C(=O)NN=Cc2cccc(OCc3ccc(C)cc3)c2)cc1. The van der Waals surface area contributed by atoms with Crippen LogP contribution in [-0.4, -0.2) is 19.2 Å². The molecule has 5 nitrogen and oxygen atoms in total. The monoisotopic (exact) mass is 374 g/mol. The third kappa shape index (κ3) is 5.45. The van der Waals surface area contributed by atoms with Gasteiger partial charge in [-0.1, -0.05) is 42.0 Å². The minimum absolute atomic E-state index is 0.286. The zero-order valence-electron chi connectivity index (χ0n) is 15.9. The molecule has 0 fully saturated rings. The molecule has 1 amide bonds. The Balaban J connectivity index is 1.55. The van der Waals surface area contributed by atoms with Crippen LogP contribution in [0.15, 0.2) is 77.9 Å². The fraction of sp³-hybridized carbons (Fsp3) is 0.130. The first-order chi connectivity index (χ1) is 13.6. The molecular weight excluding hydrogens is 352 g/mol. The Labute approximate surface area is 164 Å². The lowest BCUT2D eigenvalue weighted by molar-refractivity contribution is 0.0955. The van der Waals surface area contributed by atoms with E-state index in [9.17, 15) is 4.79 Å². The van der Waals surface area contributed by atoms with Gasteiger partial charge in [0.1, 0.15) is 18.1 Å². The number of nitrogens with one attached hydrogen (secondary N) is 1. The van der Waals surface area contributed by atoms with Gasteiger partial charge in [-0.15, -0.1) is 0 Å². The summed E-state index contributed by atoms with van der Waals surface area (Å²) in [6.45, 7) is 2.55. The van der Waals surface area contributed by atoms with Gasteiger partial charge in [-0.2, -0.15) is 5.10 Å². The number of hydrazone groups is 1. The van der Waals surface area contributed by atoms with E-state index in [1.807, 2.05) is 24.3 Å². The number of carbonyl (C=O) groups excluding carboxylic acids is 1. The van der Waals surface area contributed by atoms with E-state index in [0.717, 1.165) is 16.9 Å². The van der Waals surface area contributed by atoms with E-state index in [2.05, 4.69) is 41.7 Å². The van der Waals surface area contributed by atoms with E-state index in [0.29, 0.717) is 17.9 Å². The molecular formula is C23H22N2O3. The van der Waals surface area contributed by atoms with Gasteiger partial charge in [0.05, 0.1) is 13.3 Å². The van der Waals surface area contributed by atoms with E-state index in [1.54, 1.807) is 37.6 Å². The van der Waals surface area contributed by atoms with Crippen molar-refractivity contribution < 1.29 is 14.3 Å². The molecule has 0 unspecified atom stereocenters. The largest absolute Gasteiger partial charge is 0.497 e. The Morgan fingerprint density at radius 2 is 1.75 bits per heavy atom. The molecule has 5 heteroatoms. The maximum absolute atomic E-state index is 12.1. The molecule has 0 bridgehead atoms. The second-order valence-electron chi connectivity index (χ2n) is 6.27. The lowest BCUT2D eigenvalue weighted by Crippen LogP contribution is -2.17. The highest BCUT2D eigenvalue weighted by Gasteiger charge is 2.04. The summed E-state index contributed by atoms with van der Waals surface area (Å²) >= 11 is 0. The summed E-state index contributed by atoms with van der Waals surface area (Å²) in [7, 11) is 1.58. The summed E-state index contributed by atoms with van der Waals surface area (Å²) in [4.78, 5) is 12.1. The molecule has 0 aromatic heterocycles. The van der Waals surface area contributed by atoms with Crippen LogP contribution < -0.4 is 14.9 Å². The Morgan fingerprint density at radius 3 is 2.46 bits per heavy atom. The normalized spacial score (nSPS) is 10.6. The zero-order valence-corrected chi connectivity index (χ0v) is 15.9. The lowest BCUT2D eigenvalue weighted by Gasteiger charge is -2.07. The first kappa shape index (κ1) is 19.2. The summed E-state index contributed by atoms with van der Waals surface area (Å²) in [5, 5.41) is 4.02. The molecule has 0 saturated heterocycles. The van der Waals surface area contributed by atoms with Crippen molar-refractivity contribution in [3.05, 3.63) is 95.1 Å². The smallest absolute Gasteiger partial charge is 0.271 e. The number of hydrogen-bond acceptors (Lipinski definition) is 4. The van der Waals surface area contributed by atoms with E-state index in [-0.39, 0.29) is 5.91 Å². The zero-order chi connectivity index (χ0) is 19.8. The fourth-order valence-corrected chi connectivity index (χ4v) is 2.51. The van der Waals surface area contributed by atoms with Crippen molar-refractivity contribution in [1.29, 1.82) is 0 Å². The number of carbonyl (C=O) groups is 1. The third-order valence-electron chi connectivity index (χ3n) is 4.12. The first-order valence-corrected chi connectivity index (χ1v) is 8.90. The number of methoxy groups -OCH3 is 1. The molecule has 3 aromatic rings. The minimum atomic E-state index is -0.286. The molecule has 0 aliphatic heterocycles. The molecule has 0 heterocycles. The van der Waals surface area contributed by atoms with Crippen LogP contribution >= 0.6 is 0 Å². The van der Waals surface area contributed by atoms with Crippen LogP contribution in [0.5, 0.6) is 11.5 Å². The van der Waals surface area contributed by atoms with E-state index < -0.39 is 0 Å². The van der Waals surface area contributed by atoms with Gasteiger partial charge in [0.25, 0.3) is 5.91 Å². The van der Waals surface area contributed by atoms with Gasteiger partial charge in [0, 0.05) is 5.56 Å². The molecule has 28 heavy (non-hydrogen) atoms. The van der Waals surface area contributed by atoms with Crippen molar-refractivity contribution in [2.45, 2.75) is 13.5 Å². The Kier molecular flexibility index (Phi) is 6.41. The first-order valence-electron chi connectivity index (χ1n) is 8.90. The molecule has 0 aliphatic rings. The molecule has 0 radical (unpaired) electrons. The van der Waals surface area contributed by atoms with Crippen LogP contribution in [0.25, 0.3) is 0 Å². The number of nitrogens with zero attached hydrogens (tertiary/aromatic N) is 1. The summed E-state index contributed by atoms with van der Waals surface area (Å²) < 4.78 is 10.9. The third-order valence-corrected chi connectivity index (χ3v) is 4.12. The van der Waals surface area contributed by atoms with Gasteiger partial charge < -0.3 is 9.47 Å².